The first-order valence-electron chi connectivity index (χ1n) is 4.37. The number of carboxylic acid groups (broad SMARTS) is 1. The van der Waals surface area contributed by atoms with Crippen LogP contribution in [0.5, 0.6) is 0 Å². The molecule has 0 fully saturated rings. The van der Waals surface area contributed by atoms with E-state index in [1.165, 1.54) is 6.07 Å². The number of aromatic carboxylic acids is 1. The van der Waals surface area contributed by atoms with E-state index in [0.29, 0.717) is 16.1 Å². The number of hydrogen-bond donors (Lipinski definition) is 1. The maximum atomic E-state index is 11.0. The number of benzene rings is 1. The van der Waals surface area contributed by atoms with E-state index in [1.54, 1.807) is 24.7 Å². The number of nitrogens with zero attached hydrogens (tertiary/aromatic N) is 2. The van der Waals surface area contributed by atoms with Crippen LogP contribution in [0.1, 0.15) is 16.1 Å². The summed E-state index contributed by atoms with van der Waals surface area (Å²) in [6.07, 6.45) is 0. The minimum atomic E-state index is -0.987. The Morgan fingerprint density at radius 3 is 2.80 bits per heavy atom. The lowest BCUT2D eigenvalue weighted by molar-refractivity contribution is 0.0699. The summed E-state index contributed by atoms with van der Waals surface area (Å²) >= 11 is 5.84. The first kappa shape index (κ1) is 9.98. The average Bonchev–Trinajstić information content (AvgIpc) is 2.41. The van der Waals surface area contributed by atoms with Gasteiger partial charge in [-0.2, -0.15) is 5.10 Å². The first-order chi connectivity index (χ1) is 7.00. The minimum absolute atomic E-state index is 0.197. The average molecular weight is 225 g/mol. The van der Waals surface area contributed by atoms with Crippen LogP contribution in [0.4, 0.5) is 0 Å². The molecule has 0 saturated heterocycles. The lowest BCUT2D eigenvalue weighted by atomic mass is 10.1. The third-order valence-electron chi connectivity index (χ3n) is 2.32. The second kappa shape index (κ2) is 3.24. The van der Waals surface area contributed by atoms with Crippen LogP contribution in [0, 0.1) is 6.92 Å². The molecule has 0 spiro atoms. The summed E-state index contributed by atoms with van der Waals surface area (Å²) in [6.45, 7) is 1.78. The van der Waals surface area contributed by atoms with E-state index in [2.05, 4.69) is 5.10 Å². The van der Waals surface area contributed by atoms with Gasteiger partial charge in [-0.05, 0) is 19.1 Å². The van der Waals surface area contributed by atoms with E-state index in [0.717, 1.165) is 5.52 Å². The van der Waals surface area contributed by atoms with Gasteiger partial charge in [-0.15, -0.1) is 0 Å². The molecule has 0 aliphatic heterocycles. The fourth-order valence-electron chi connectivity index (χ4n) is 1.73. The van der Waals surface area contributed by atoms with E-state index in [-0.39, 0.29) is 5.56 Å². The lowest BCUT2D eigenvalue weighted by Crippen LogP contribution is -1.98. The standard InChI is InChI=1S/C10H9ClN2O2/c1-5-9-7(10(14)15)3-6(11)4-8(9)13(2)12-5/h3-4H,1-2H3,(H,14,15). The number of aromatic nitrogens is 2. The molecule has 2 aromatic rings. The van der Waals surface area contributed by atoms with E-state index in [1.807, 2.05) is 0 Å². The van der Waals surface area contributed by atoms with Gasteiger partial charge in [0.1, 0.15) is 0 Å². The van der Waals surface area contributed by atoms with Crippen LogP contribution in [-0.4, -0.2) is 20.9 Å². The van der Waals surface area contributed by atoms with Crippen LogP contribution in [0.2, 0.25) is 5.02 Å². The Hall–Kier alpha value is -1.55. The monoisotopic (exact) mass is 224 g/mol. The highest BCUT2D eigenvalue weighted by Crippen LogP contribution is 2.26. The predicted octanol–water partition coefficient (Wildman–Crippen LogP) is 2.23. The van der Waals surface area contributed by atoms with Gasteiger partial charge in [0.05, 0.1) is 16.8 Å². The van der Waals surface area contributed by atoms with Gasteiger partial charge in [0, 0.05) is 17.5 Å². The van der Waals surface area contributed by atoms with E-state index in [9.17, 15) is 4.79 Å². The third kappa shape index (κ3) is 1.47. The molecule has 0 aliphatic carbocycles. The third-order valence-corrected chi connectivity index (χ3v) is 2.54. The molecule has 0 atom stereocenters. The van der Waals surface area contributed by atoms with Crippen molar-refractivity contribution in [2.45, 2.75) is 6.92 Å². The molecular weight excluding hydrogens is 216 g/mol. The van der Waals surface area contributed by atoms with Crippen molar-refractivity contribution in [3.8, 4) is 0 Å². The highest BCUT2D eigenvalue weighted by molar-refractivity contribution is 6.32. The summed E-state index contributed by atoms with van der Waals surface area (Å²) in [5, 5.41) is 14.3. The molecule has 5 heteroatoms. The molecule has 0 unspecified atom stereocenters. The Balaban J connectivity index is 2.96. The largest absolute Gasteiger partial charge is 0.478 e. The number of halogens is 1. The Kier molecular flexibility index (Phi) is 2.16. The van der Waals surface area contributed by atoms with Crippen LogP contribution in [0.15, 0.2) is 12.1 Å². The van der Waals surface area contributed by atoms with Gasteiger partial charge >= 0.3 is 5.97 Å². The quantitative estimate of drug-likeness (QED) is 0.808. The van der Waals surface area contributed by atoms with E-state index >= 15 is 0 Å². The van der Waals surface area contributed by atoms with Crippen molar-refractivity contribution >= 4 is 28.5 Å². The number of rotatable bonds is 1. The second-order valence-electron chi connectivity index (χ2n) is 3.36. The molecule has 0 saturated carbocycles. The molecular formula is C10H9ClN2O2. The number of fused-ring (bicyclic) bond motifs is 1. The maximum absolute atomic E-state index is 11.0. The van der Waals surface area contributed by atoms with Crippen LogP contribution in [0.3, 0.4) is 0 Å². The SMILES string of the molecule is Cc1nn(C)c2cc(Cl)cc(C(=O)O)c12. The smallest absolute Gasteiger partial charge is 0.336 e. The molecule has 1 heterocycles. The molecule has 0 radical (unpaired) electrons. The van der Waals surface area contributed by atoms with E-state index in [4.69, 9.17) is 16.7 Å². The summed E-state index contributed by atoms with van der Waals surface area (Å²) in [4.78, 5) is 11.0. The molecule has 1 N–H and O–H groups in total. The van der Waals surface area contributed by atoms with Gasteiger partial charge < -0.3 is 5.11 Å². The maximum Gasteiger partial charge on any atom is 0.336 e. The zero-order chi connectivity index (χ0) is 11.2. The van der Waals surface area contributed by atoms with E-state index < -0.39 is 5.97 Å². The van der Waals surface area contributed by atoms with Crippen LogP contribution < -0.4 is 0 Å². The number of carbonyl (C=O) groups is 1. The zero-order valence-corrected chi connectivity index (χ0v) is 9.04. The fourth-order valence-corrected chi connectivity index (χ4v) is 1.94. The summed E-state index contributed by atoms with van der Waals surface area (Å²) in [5.74, 6) is -0.987. The van der Waals surface area contributed by atoms with Crippen molar-refractivity contribution in [1.29, 1.82) is 0 Å². The summed E-state index contributed by atoms with van der Waals surface area (Å²) in [5.41, 5.74) is 1.63. The van der Waals surface area contributed by atoms with Gasteiger partial charge in [0.25, 0.3) is 0 Å². The number of hydrogen-bond acceptors (Lipinski definition) is 2. The Bertz CT molecular complexity index is 560. The fraction of sp³-hybridized carbons (Fsp3) is 0.200. The Morgan fingerprint density at radius 1 is 1.53 bits per heavy atom. The normalized spacial score (nSPS) is 10.9. The van der Waals surface area contributed by atoms with Gasteiger partial charge in [0.2, 0.25) is 0 Å². The van der Waals surface area contributed by atoms with Crippen LogP contribution in [-0.2, 0) is 7.05 Å². The van der Waals surface area contributed by atoms with Gasteiger partial charge in [-0.25, -0.2) is 4.79 Å². The van der Waals surface area contributed by atoms with Gasteiger partial charge in [0.15, 0.2) is 0 Å². The van der Waals surface area contributed by atoms with Crippen molar-refractivity contribution < 1.29 is 9.90 Å². The molecule has 0 amide bonds. The van der Waals surface area contributed by atoms with Gasteiger partial charge in [-0.3, -0.25) is 4.68 Å². The van der Waals surface area contributed by atoms with Crippen molar-refractivity contribution in [1.82, 2.24) is 9.78 Å². The second-order valence-corrected chi connectivity index (χ2v) is 3.80. The molecule has 15 heavy (non-hydrogen) atoms. The topological polar surface area (TPSA) is 55.1 Å². The predicted molar refractivity (Wildman–Crippen MR) is 57.4 cm³/mol. The zero-order valence-electron chi connectivity index (χ0n) is 8.28. The van der Waals surface area contributed by atoms with Crippen molar-refractivity contribution in [2.24, 2.45) is 7.05 Å². The molecule has 2 rings (SSSR count). The number of carboxylic acids is 1. The molecule has 1 aromatic heterocycles. The Morgan fingerprint density at radius 2 is 2.20 bits per heavy atom. The van der Waals surface area contributed by atoms with Crippen molar-refractivity contribution in [2.75, 3.05) is 0 Å². The molecule has 1 aromatic carbocycles. The molecule has 4 nitrogen and oxygen atoms in total. The summed E-state index contributed by atoms with van der Waals surface area (Å²) in [6, 6.07) is 3.16. The Labute approximate surface area is 91.1 Å². The highest BCUT2D eigenvalue weighted by atomic mass is 35.5. The van der Waals surface area contributed by atoms with Crippen molar-refractivity contribution in [3.63, 3.8) is 0 Å². The molecule has 78 valence electrons. The van der Waals surface area contributed by atoms with Crippen LogP contribution in [0.25, 0.3) is 10.9 Å². The lowest BCUT2D eigenvalue weighted by Gasteiger charge is -2.00. The minimum Gasteiger partial charge on any atom is -0.478 e. The highest BCUT2D eigenvalue weighted by Gasteiger charge is 2.15. The summed E-state index contributed by atoms with van der Waals surface area (Å²) in [7, 11) is 1.76. The number of aryl methyl sites for hydroxylation is 2. The molecule has 0 bridgehead atoms. The van der Waals surface area contributed by atoms with Gasteiger partial charge in [-0.1, -0.05) is 11.6 Å². The summed E-state index contributed by atoms with van der Waals surface area (Å²) < 4.78 is 1.63. The molecule has 0 aliphatic rings. The van der Waals surface area contributed by atoms with Crippen LogP contribution >= 0.6 is 11.6 Å². The van der Waals surface area contributed by atoms with Crippen molar-refractivity contribution in [3.05, 3.63) is 28.4 Å². The first-order valence-corrected chi connectivity index (χ1v) is 4.74.